The Morgan fingerprint density at radius 3 is 2.62 bits per heavy atom. The predicted molar refractivity (Wildman–Crippen MR) is 94.0 cm³/mol. The van der Waals surface area contributed by atoms with Crippen molar-refractivity contribution in [3.05, 3.63) is 34.9 Å². The Bertz CT molecular complexity index is 680. The second kappa shape index (κ2) is 7.88. The van der Waals surface area contributed by atoms with Gasteiger partial charge < -0.3 is 15.1 Å². The van der Waals surface area contributed by atoms with Gasteiger partial charge >= 0.3 is 0 Å². The molecule has 0 unspecified atom stereocenters. The number of nitrogens with zero attached hydrogens (tertiary/aromatic N) is 2. The molecule has 0 spiro atoms. The largest absolute Gasteiger partial charge is 0.340 e. The number of halogens is 3. The Labute approximate surface area is 156 Å². The topological polar surface area (TPSA) is 52.7 Å². The number of hydrogen-bond acceptors (Lipinski definition) is 3. The molecular formula is C18H22ClF2N3O2. The van der Waals surface area contributed by atoms with Gasteiger partial charge in [0, 0.05) is 57.1 Å². The first-order chi connectivity index (χ1) is 12.4. The maximum absolute atomic E-state index is 13.3. The summed E-state index contributed by atoms with van der Waals surface area (Å²) in [5.41, 5.74) is 0.754. The molecule has 1 aromatic rings. The molecule has 1 aromatic carbocycles. The van der Waals surface area contributed by atoms with E-state index in [1.54, 1.807) is 29.2 Å². The van der Waals surface area contributed by atoms with Gasteiger partial charge in [0.05, 0.1) is 0 Å². The monoisotopic (exact) mass is 385 g/mol. The summed E-state index contributed by atoms with van der Waals surface area (Å²) in [7, 11) is 0. The second-order valence-electron chi connectivity index (χ2n) is 6.79. The zero-order chi connectivity index (χ0) is 18.7. The Morgan fingerprint density at radius 1 is 1.31 bits per heavy atom. The fraction of sp³-hybridized carbons (Fsp3) is 0.556. The molecular weight excluding hydrogens is 364 g/mol. The van der Waals surface area contributed by atoms with Crippen LogP contribution in [0.5, 0.6) is 0 Å². The number of alkyl halides is 2. The lowest BCUT2D eigenvalue weighted by atomic mass is 10.2. The van der Waals surface area contributed by atoms with Crippen molar-refractivity contribution in [2.24, 2.45) is 5.92 Å². The molecule has 1 aliphatic carbocycles. The smallest absolute Gasteiger partial charge is 0.260 e. The third-order valence-corrected chi connectivity index (χ3v) is 5.00. The Kier molecular flexibility index (Phi) is 5.77. The molecule has 26 heavy (non-hydrogen) atoms. The lowest BCUT2D eigenvalue weighted by molar-refractivity contribution is -0.137. The second-order valence-corrected chi connectivity index (χ2v) is 7.22. The molecule has 3 rings (SSSR count). The highest BCUT2D eigenvalue weighted by atomic mass is 35.5. The molecule has 8 heteroatoms. The first kappa shape index (κ1) is 19.0. The van der Waals surface area contributed by atoms with E-state index in [-0.39, 0.29) is 25.4 Å². The van der Waals surface area contributed by atoms with Gasteiger partial charge in [-0.3, -0.25) is 9.59 Å². The minimum Gasteiger partial charge on any atom is -0.340 e. The van der Waals surface area contributed by atoms with Crippen LogP contribution in [0.15, 0.2) is 24.3 Å². The molecule has 0 bridgehead atoms. The molecule has 5 nitrogen and oxygen atoms in total. The first-order valence-electron chi connectivity index (χ1n) is 8.76. The molecule has 2 amide bonds. The van der Waals surface area contributed by atoms with Crippen molar-refractivity contribution in [3.8, 4) is 0 Å². The van der Waals surface area contributed by atoms with Crippen LogP contribution < -0.4 is 5.32 Å². The molecule has 1 N–H and O–H groups in total. The summed E-state index contributed by atoms with van der Waals surface area (Å²) in [4.78, 5) is 27.9. The lowest BCUT2D eigenvalue weighted by Crippen LogP contribution is -2.47. The Balaban J connectivity index is 1.64. The van der Waals surface area contributed by atoms with Gasteiger partial charge in [0.1, 0.15) is 5.92 Å². The number of carbonyl (C=O) groups excluding carboxylic acids is 2. The van der Waals surface area contributed by atoms with E-state index in [1.807, 2.05) is 0 Å². The SMILES string of the molecule is O=C(CCN(Cc1cccc(Cl)c1)C(=O)[C@@H]1CC1(F)F)N1CCNCC1. The van der Waals surface area contributed by atoms with E-state index in [2.05, 4.69) is 5.32 Å². The van der Waals surface area contributed by atoms with Crippen LogP contribution in [0.4, 0.5) is 8.78 Å². The number of piperazine rings is 1. The standard InChI is InChI=1S/C18H22ClF2N3O2/c19-14-3-1-2-13(10-14)12-24(17(26)15-11-18(15,20)21)7-4-16(25)23-8-5-22-6-9-23/h1-3,10,15,22H,4-9,11-12H2/t15-/m0/s1. The summed E-state index contributed by atoms with van der Waals surface area (Å²) in [6.07, 6.45) is -0.284. The van der Waals surface area contributed by atoms with Crippen LogP contribution in [0.25, 0.3) is 0 Å². The van der Waals surface area contributed by atoms with Crippen LogP contribution in [0.3, 0.4) is 0 Å². The van der Waals surface area contributed by atoms with Crippen LogP contribution in [0, 0.1) is 5.92 Å². The predicted octanol–water partition coefficient (Wildman–Crippen LogP) is 2.15. The van der Waals surface area contributed by atoms with E-state index in [9.17, 15) is 18.4 Å². The number of benzene rings is 1. The molecule has 1 saturated heterocycles. The van der Waals surface area contributed by atoms with Crippen LogP contribution >= 0.6 is 11.6 Å². The van der Waals surface area contributed by atoms with Gasteiger partial charge in [0.25, 0.3) is 5.92 Å². The molecule has 1 saturated carbocycles. The maximum Gasteiger partial charge on any atom is 0.260 e. The minimum atomic E-state index is -2.92. The number of rotatable bonds is 6. The van der Waals surface area contributed by atoms with Gasteiger partial charge in [0.15, 0.2) is 0 Å². The number of nitrogens with one attached hydrogen (secondary N) is 1. The molecule has 0 aromatic heterocycles. The van der Waals surface area contributed by atoms with E-state index >= 15 is 0 Å². The molecule has 1 atom stereocenters. The van der Waals surface area contributed by atoms with E-state index < -0.39 is 24.2 Å². The van der Waals surface area contributed by atoms with Crippen molar-refractivity contribution in [1.82, 2.24) is 15.1 Å². The Morgan fingerprint density at radius 2 is 2.00 bits per heavy atom. The zero-order valence-electron chi connectivity index (χ0n) is 14.4. The summed E-state index contributed by atoms with van der Waals surface area (Å²) < 4.78 is 26.7. The van der Waals surface area contributed by atoms with Gasteiger partial charge in [-0.2, -0.15) is 0 Å². The van der Waals surface area contributed by atoms with Crippen LogP contribution in [-0.2, 0) is 16.1 Å². The van der Waals surface area contributed by atoms with E-state index in [4.69, 9.17) is 11.6 Å². The number of carbonyl (C=O) groups is 2. The summed E-state index contributed by atoms with van der Waals surface area (Å²) in [5, 5.41) is 3.69. The number of hydrogen-bond donors (Lipinski definition) is 1. The van der Waals surface area contributed by atoms with Crippen LogP contribution in [0.1, 0.15) is 18.4 Å². The van der Waals surface area contributed by atoms with Gasteiger partial charge in [0.2, 0.25) is 11.8 Å². The van der Waals surface area contributed by atoms with E-state index in [0.717, 1.165) is 18.7 Å². The maximum atomic E-state index is 13.3. The third kappa shape index (κ3) is 4.71. The molecule has 142 valence electrons. The van der Waals surface area contributed by atoms with Gasteiger partial charge in [-0.15, -0.1) is 0 Å². The summed E-state index contributed by atoms with van der Waals surface area (Å²) in [5.74, 6) is -4.84. The summed E-state index contributed by atoms with van der Waals surface area (Å²) >= 11 is 5.97. The quantitative estimate of drug-likeness (QED) is 0.816. The molecule has 1 aliphatic heterocycles. The highest BCUT2D eigenvalue weighted by Crippen LogP contribution is 2.49. The van der Waals surface area contributed by atoms with Crippen molar-refractivity contribution in [1.29, 1.82) is 0 Å². The summed E-state index contributed by atoms with van der Waals surface area (Å²) in [6.45, 7) is 3.03. The van der Waals surface area contributed by atoms with Gasteiger partial charge in [-0.1, -0.05) is 23.7 Å². The van der Waals surface area contributed by atoms with Crippen molar-refractivity contribution in [2.45, 2.75) is 25.3 Å². The minimum absolute atomic E-state index is 0.0575. The van der Waals surface area contributed by atoms with Gasteiger partial charge in [-0.25, -0.2) is 8.78 Å². The first-order valence-corrected chi connectivity index (χ1v) is 9.14. The van der Waals surface area contributed by atoms with Crippen molar-refractivity contribution < 1.29 is 18.4 Å². The summed E-state index contributed by atoms with van der Waals surface area (Å²) in [6, 6.07) is 6.94. The Hall–Kier alpha value is -1.73. The molecule has 1 heterocycles. The molecule has 2 fully saturated rings. The zero-order valence-corrected chi connectivity index (χ0v) is 15.1. The van der Waals surface area contributed by atoms with E-state index in [1.165, 1.54) is 4.90 Å². The number of amides is 2. The van der Waals surface area contributed by atoms with E-state index in [0.29, 0.717) is 18.1 Å². The average molecular weight is 386 g/mol. The normalized spacial score (nSPS) is 21.3. The van der Waals surface area contributed by atoms with Crippen molar-refractivity contribution >= 4 is 23.4 Å². The third-order valence-electron chi connectivity index (χ3n) is 4.76. The van der Waals surface area contributed by atoms with Crippen molar-refractivity contribution in [2.75, 3.05) is 32.7 Å². The van der Waals surface area contributed by atoms with Gasteiger partial charge in [-0.05, 0) is 17.7 Å². The molecule has 2 aliphatic rings. The highest BCUT2D eigenvalue weighted by molar-refractivity contribution is 6.30. The lowest BCUT2D eigenvalue weighted by Gasteiger charge is -2.29. The van der Waals surface area contributed by atoms with Crippen molar-refractivity contribution in [3.63, 3.8) is 0 Å². The average Bonchev–Trinajstić information content (AvgIpc) is 3.27. The highest BCUT2D eigenvalue weighted by Gasteiger charge is 2.62. The van der Waals surface area contributed by atoms with Crippen LogP contribution in [-0.4, -0.2) is 60.3 Å². The fourth-order valence-corrected chi connectivity index (χ4v) is 3.34. The molecule has 0 radical (unpaired) electrons. The fourth-order valence-electron chi connectivity index (χ4n) is 3.13. The van der Waals surface area contributed by atoms with Crippen LogP contribution in [0.2, 0.25) is 5.02 Å².